The zero-order chi connectivity index (χ0) is 14.0. The Bertz CT molecular complexity index is 463. The normalized spacial score (nSPS) is 23.4. The molecule has 0 aromatic heterocycles. The average molecular weight is 262 g/mol. The number of nitro groups is 1. The predicted octanol–water partition coefficient (Wildman–Crippen LogP) is 3.64. The first kappa shape index (κ1) is 13.8. The molecule has 2 rings (SSSR count). The minimum Gasteiger partial charge on any atom is -0.371 e. The first-order valence-electron chi connectivity index (χ1n) is 7.03. The Kier molecular flexibility index (Phi) is 4.08. The molecule has 0 radical (unpaired) electrons. The van der Waals surface area contributed by atoms with Crippen molar-refractivity contribution >= 4 is 11.4 Å². The van der Waals surface area contributed by atoms with Gasteiger partial charge in [-0.2, -0.15) is 0 Å². The van der Waals surface area contributed by atoms with Gasteiger partial charge in [0, 0.05) is 30.9 Å². The summed E-state index contributed by atoms with van der Waals surface area (Å²) in [4.78, 5) is 12.9. The molecule has 1 aliphatic rings. The standard InChI is InChI=1S/C15H22N2O2/c1-4-13-8-14(17(18)19)5-6-15(13)16-9-11(2)7-12(3)10-16/h5-6,8,11-12H,4,7,9-10H2,1-3H3. The molecule has 0 amide bonds. The van der Waals surface area contributed by atoms with Crippen LogP contribution in [0.3, 0.4) is 0 Å². The van der Waals surface area contributed by atoms with E-state index in [1.54, 1.807) is 12.1 Å². The molecule has 0 N–H and O–H groups in total. The minimum atomic E-state index is -0.315. The van der Waals surface area contributed by atoms with Gasteiger partial charge in [0.1, 0.15) is 0 Å². The number of nitro benzene ring substituents is 1. The fourth-order valence-corrected chi connectivity index (χ4v) is 3.14. The smallest absolute Gasteiger partial charge is 0.269 e. The monoisotopic (exact) mass is 262 g/mol. The molecule has 1 aromatic rings. The van der Waals surface area contributed by atoms with E-state index in [2.05, 4.69) is 25.7 Å². The van der Waals surface area contributed by atoms with E-state index in [4.69, 9.17) is 0 Å². The summed E-state index contributed by atoms with van der Waals surface area (Å²) in [5.41, 5.74) is 2.45. The topological polar surface area (TPSA) is 46.4 Å². The Morgan fingerprint density at radius 3 is 2.47 bits per heavy atom. The number of piperidine rings is 1. The SMILES string of the molecule is CCc1cc([N+](=O)[O-])ccc1N1CC(C)CC(C)C1. The van der Waals surface area contributed by atoms with E-state index in [1.807, 2.05) is 6.07 Å². The molecule has 1 heterocycles. The van der Waals surface area contributed by atoms with Crippen molar-refractivity contribution in [3.05, 3.63) is 33.9 Å². The summed E-state index contributed by atoms with van der Waals surface area (Å²) in [5, 5.41) is 10.9. The Morgan fingerprint density at radius 2 is 1.95 bits per heavy atom. The third kappa shape index (κ3) is 3.06. The molecule has 104 valence electrons. The molecule has 1 aliphatic heterocycles. The Labute approximate surface area is 114 Å². The molecule has 1 aromatic carbocycles. The zero-order valence-electron chi connectivity index (χ0n) is 11.9. The highest BCUT2D eigenvalue weighted by molar-refractivity contribution is 5.58. The van der Waals surface area contributed by atoms with Crippen LogP contribution in [0.1, 0.15) is 32.8 Å². The predicted molar refractivity (Wildman–Crippen MR) is 77.6 cm³/mol. The van der Waals surface area contributed by atoms with Crippen LogP contribution in [-0.2, 0) is 6.42 Å². The second kappa shape index (κ2) is 5.59. The van der Waals surface area contributed by atoms with Crippen LogP contribution in [0, 0.1) is 22.0 Å². The van der Waals surface area contributed by atoms with Crippen LogP contribution in [0.15, 0.2) is 18.2 Å². The van der Waals surface area contributed by atoms with E-state index < -0.39 is 0 Å². The largest absolute Gasteiger partial charge is 0.371 e. The summed E-state index contributed by atoms with van der Waals surface area (Å²) in [6.07, 6.45) is 2.10. The highest BCUT2D eigenvalue weighted by Crippen LogP contribution is 2.31. The zero-order valence-corrected chi connectivity index (χ0v) is 11.9. The van der Waals surface area contributed by atoms with Gasteiger partial charge in [-0.1, -0.05) is 20.8 Å². The van der Waals surface area contributed by atoms with Crippen molar-refractivity contribution in [1.82, 2.24) is 0 Å². The van der Waals surface area contributed by atoms with Crippen LogP contribution in [0.5, 0.6) is 0 Å². The van der Waals surface area contributed by atoms with E-state index >= 15 is 0 Å². The van der Waals surface area contributed by atoms with Crippen molar-refractivity contribution in [2.75, 3.05) is 18.0 Å². The van der Waals surface area contributed by atoms with Gasteiger partial charge in [0.05, 0.1) is 4.92 Å². The van der Waals surface area contributed by atoms with E-state index in [-0.39, 0.29) is 10.6 Å². The average Bonchev–Trinajstić information content (AvgIpc) is 2.36. The molecule has 0 saturated carbocycles. The third-order valence-electron chi connectivity index (χ3n) is 3.86. The van der Waals surface area contributed by atoms with E-state index in [1.165, 1.54) is 12.1 Å². The number of anilines is 1. The maximum Gasteiger partial charge on any atom is 0.269 e. The van der Waals surface area contributed by atoms with Gasteiger partial charge in [-0.05, 0) is 36.3 Å². The number of benzene rings is 1. The first-order chi connectivity index (χ1) is 9.01. The van der Waals surface area contributed by atoms with Crippen molar-refractivity contribution in [2.24, 2.45) is 11.8 Å². The van der Waals surface area contributed by atoms with E-state index in [0.29, 0.717) is 11.8 Å². The minimum absolute atomic E-state index is 0.193. The summed E-state index contributed by atoms with van der Waals surface area (Å²) in [6, 6.07) is 5.26. The number of rotatable bonds is 3. The van der Waals surface area contributed by atoms with Gasteiger partial charge in [0.25, 0.3) is 5.69 Å². The first-order valence-corrected chi connectivity index (χ1v) is 7.03. The summed E-state index contributed by atoms with van der Waals surface area (Å²) in [5.74, 6) is 1.37. The molecule has 0 bridgehead atoms. The van der Waals surface area contributed by atoms with Crippen molar-refractivity contribution < 1.29 is 4.92 Å². The lowest BCUT2D eigenvalue weighted by Gasteiger charge is -2.37. The highest BCUT2D eigenvalue weighted by Gasteiger charge is 2.24. The molecular formula is C15H22N2O2. The Morgan fingerprint density at radius 1 is 1.32 bits per heavy atom. The van der Waals surface area contributed by atoms with Crippen LogP contribution >= 0.6 is 0 Å². The van der Waals surface area contributed by atoms with Crippen molar-refractivity contribution in [2.45, 2.75) is 33.6 Å². The van der Waals surface area contributed by atoms with Crippen molar-refractivity contribution in [3.63, 3.8) is 0 Å². The quantitative estimate of drug-likeness (QED) is 0.617. The van der Waals surface area contributed by atoms with Crippen LogP contribution in [0.25, 0.3) is 0 Å². The van der Waals surface area contributed by atoms with Gasteiger partial charge in [0.2, 0.25) is 0 Å². The second-order valence-corrected chi connectivity index (χ2v) is 5.77. The fourth-order valence-electron chi connectivity index (χ4n) is 3.14. The third-order valence-corrected chi connectivity index (χ3v) is 3.86. The van der Waals surface area contributed by atoms with Crippen LogP contribution in [-0.4, -0.2) is 18.0 Å². The number of hydrogen-bond acceptors (Lipinski definition) is 3. The molecule has 4 heteroatoms. The van der Waals surface area contributed by atoms with Crippen molar-refractivity contribution in [1.29, 1.82) is 0 Å². The summed E-state index contributed by atoms with van der Waals surface area (Å²) < 4.78 is 0. The molecule has 0 spiro atoms. The van der Waals surface area contributed by atoms with Crippen LogP contribution in [0.2, 0.25) is 0 Å². The number of hydrogen-bond donors (Lipinski definition) is 0. The summed E-state index contributed by atoms with van der Waals surface area (Å²) in [6.45, 7) is 8.71. The number of non-ortho nitro benzene ring substituents is 1. The Balaban J connectivity index is 2.30. The maximum absolute atomic E-state index is 10.9. The number of aryl methyl sites for hydroxylation is 1. The van der Waals surface area contributed by atoms with Gasteiger partial charge in [-0.3, -0.25) is 10.1 Å². The summed E-state index contributed by atoms with van der Waals surface area (Å²) >= 11 is 0. The lowest BCUT2D eigenvalue weighted by Crippen LogP contribution is -2.39. The van der Waals surface area contributed by atoms with Crippen LogP contribution < -0.4 is 4.90 Å². The molecule has 2 unspecified atom stereocenters. The molecule has 4 nitrogen and oxygen atoms in total. The van der Waals surface area contributed by atoms with Crippen molar-refractivity contribution in [3.8, 4) is 0 Å². The molecule has 2 atom stereocenters. The summed E-state index contributed by atoms with van der Waals surface area (Å²) in [7, 11) is 0. The Hall–Kier alpha value is -1.58. The molecular weight excluding hydrogens is 240 g/mol. The molecule has 1 fully saturated rings. The van der Waals surface area contributed by atoms with E-state index in [0.717, 1.165) is 25.1 Å². The lowest BCUT2D eigenvalue weighted by molar-refractivity contribution is -0.384. The van der Waals surface area contributed by atoms with Crippen LogP contribution in [0.4, 0.5) is 11.4 Å². The van der Waals surface area contributed by atoms with Gasteiger partial charge in [-0.15, -0.1) is 0 Å². The van der Waals surface area contributed by atoms with Gasteiger partial charge >= 0.3 is 0 Å². The highest BCUT2D eigenvalue weighted by atomic mass is 16.6. The molecule has 1 saturated heterocycles. The molecule has 0 aliphatic carbocycles. The lowest BCUT2D eigenvalue weighted by atomic mass is 9.91. The number of nitrogens with zero attached hydrogens (tertiary/aromatic N) is 2. The van der Waals surface area contributed by atoms with Gasteiger partial charge < -0.3 is 4.90 Å². The van der Waals surface area contributed by atoms with Gasteiger partial charge in [0.15, 0.2) is 0 Å². The second-order valence-electron chi connectivity index (χ2n) is 5.77. The van der Waals surface area contributed by atoms with E-state index in [9.17, 15) is 10.1 Å². The molecule has 19 heavy (non-hydrogen) atoms. The maximum atomic E-state index is 10.9. The fraction of sp³-hybridized carbons (Fsp3) is 0.600. The van der Waals surface area contributed by atoms with Gasteiger partial charge in [-0.25, -0.2) is 0 Å².